The lowest BCUT2D eigenvalue weighted by Gasteiger charge is -2.16. The molecular formula is C22H17Cl2F4N5O3. The molecule has 36 heavy (non-hydrogen) atoms. The summed E-state index contributed by atoms with van der Waals surface area (Å²) in [5, 5.41) is 12.8. The molecule has 1 N–H and O–H groups in total. The van der Waals surface area contributed by atoms with E-state index < -0.39 is 17.6 Å². The summed E-state index contributed by atoms with van der Waals surface area (Å²) in [4.78, 5) is 10.3. The molecule has 0 bridgehead atoms. The summed E-state index contributed by atoms with van der Waals surface area (Å²) in [6, 6.07) is 3.21. The molecule has 3 aromatic heterocycles. The van der Waals surface area contributed by atoms with Gasteiger partial charge in [-0.25, -0.2) is 9.37 Å². The highest BCUT2D eigenvalue weighted by atomic mass is 35.5. The van der Waals surface area contributed by atoms with Crippen molar-refractivity contribution in [3.63, 3.8) is 0 Å². The SMILES string of the molecule is OCCN1CCC(Oc2cc(Cl)c(-c3noc(-c4cn5cc(C(F)(F)F)cc(Cl)c5n4)n3)cc2F)C1. The Morgan fingerprint density at radius 1 is 1.14 bits per heavy atom. The fraction of sp³-hybridized carbons (Fsp3) is 0.318. The van der Waals surface area contributed by atoms with E-state index in [1.807, 2.05) is 4.90 Å². The molecule has 4 heterocycles. The van der Waals surface area contributed by atoms with Crippen LogP contribution in [0.2, 0.25) is 10.0 Å². The van der Waals surface area contributed by atoms with Gasteiger partial charge in [-0.2, -0.15) is 18.2 Å². The fourth-order valence-electron chi connectivity index (χ4n) is 3.96. The van der Waals surface area contributed by atoms with E-state index in [1.165, 1.54) is 12.3 Å². The first kappa shape index (κ1) is 24.8. The number of hydrogen-bond donors (Lipinski definition) is 1. The summed E-state index contributed by atoms with van der Waals surface area (Å²) < 4.78 is 66.1. The standard InChI is InChI=1S/C22H17Cl2F4N5O3/c23-14-7-18(35-12-1-2-32(9-12)3-4-34)16(25)6-13(14)19-30-21(36-31-19)17-10-33-8-11(22(26,27)28)5-15(24)20(33)29-17/h5-8,10,12,34H,1-4,9H2. The molecule has 0 amide bonds. The van der Waals surface area contributed by atoms with Gasteiger partial charge >= 0.3 is 6.18 Å². The molecule has 0 radical (unpaired) electrons. The molecule has 1 atom stereocenters. The second kappa shape index (κ2) is 9.51. The van der Waals surface area contributed by atoms with E-state index in [-0.39, 0.29) is 57.1 Å². The normalized spacial score (nSPS) is 16.8. The number of aliphatic hydroxyl groups excluding tert-OH is 1. The monoisotopic (exact) mass is 545 g/mol. The van der Waals surface area contributed by atoms with Gasteiger partial charge in [-0.1, -0.05) is 28.4 Å². The predicted octanol–water partition coefficient (Wildman–Crippen LogP) is 4.96. The lowest BCUT2D eigenvalue weighted by Crippen LogP contribution is -2.27. The van der Waals surface area contributed by atoms with Crippen molar-refractivity contribution in [2.75, 3.05) is 26.2 Å². The molecule has 0 saturated carbocycles. The molecule has 1 unspecified atom stereocenters. The van der Waals surface area contributed by atoms with Gasteiger partial charge in [0.05, 0.1) is 22.2 Å². The van der Waals surface area contributed by atoms with Gasteiger partial charge in [-0.3, -0.25) is 4.90 Å². The predicted molar refractivity (Wildman–Crippen MR) is 121 cm³/mol. The minimum absolute atomic E-state index is 0.0289. The van der Waals surface area contributed by atoms with E-state index in [0.717, 1.165) is 29.3 Å². The average Bonchev–Trinajstić information content (AvgIpc) is 3.55. The van der Waals surface area contributed by atoms with E-state index in [9.17, 15) is 17.6 Å². The minimum Gasteiger partial charge on any atom is -0.486 e. The third-order valence-corrected chi connectivity index (χ3v) is 6.27. The summed E-state index contributed by atoms with van der Waals surface area (Å²) in [6.45, 7) is 1.84. The van der Waals surface area contributed by atoms with Gasteiger partial charge in [0.15, 0.2) is 17.2 Å². The Morgan fingerprint density at radius 2 is 1.94 bits per heavy atom. The largest absolute Gasteiger partial charge is 0.486 e. The highest BCUT2D eigenvalue weighted by molar-refractivity contribution is 6.33. The highest BCUT2D eigenvalue weighted by Crippen LogP contribution is 2.35. The molecule has 190 valence electrons. The van der Waals surface area contributed by atoms with Crippen molar-refractivity contribution in [2.24, 2.45) is 0 Å². The fourth-order valence-corrected chi connectivity index (χ4v) is 4.46. The number of benzene rings is 1. The Hall–Kier alpha value is -2.93. The van der Waals surface area contributed by atoms with Gasteiger partial charge in [-0.05, 0) is 18.6 Å². The summed E-state index contributed by atoms with van der Waals surface area (Å²) >= 11 is 12.3. The first-order valence-electron chi connectivity index (χ1n) is 10.7. The van der Waals surface area contributed by atoms with Crippen molar-refractivity contribution < 1.29 is 31.9 Å². The molecule has 1 saturated heterocycles. The quantitative estimate of drug-likeness (QED) is 0.342. The lowest BCUT2D eigenvalue weighted by molar-refractivity contribution is -0.137. The van der Waals surface area contributed by atoms with Crippen LogP contribution >= 0.6 is 23.2 Å². The number of alkyl halides is 3. The van der Waals surface area contributed by atoms with Gasteiger partial charge in [-0.15, -0.1) is 0 Å². The van der Waals surface area contributed by atoms with Crippen molar-refractivity contribution in [1.82, 2.24) is 24.4 Å². The van der Waals surface area contributed by atoms with E-state index in [1.54, 1.807) is 0 Å². The van der Waals surface area contributed by atoms with Gasteiger partial charge < -0.3 is 18.8 Å². The van der Waals surface area contributed by atoms with Crippen molar-refractivity contribution in [2.45, 2.75) is 18.7 Å². The number of likely N-dealkylation sites (tertiary alicyclic amines) is 1. The van der Waals surface area contributed by atoms with Crippen LogP contribution in [0.25, 0.3) is 28.6 Å². The third kappa shape index (κ3) is 4.85. The second-order valence-electron chi connectivity index (χ2n) is 8.17. The number of halogens is 6. The van der Waals surface area contributed by atoms with Crippen molar-refractivity contribution in [3.8, 4) is 28.7 Å². The molecule has 1 aromatic carbocycles. The maximum Gasteiger partial charge on any atom is 0.417 e. The van der Waals surface area contributed by atoms with E-state index in [2.05, 4.69) is 15.1 Å². The Morgan fingerprint density at radius 3 is 2.69 bits per heavy atom. The van der Waals surface area contributed by atoms with Gasteiger partial charge in [0.2, 0.25) is 5.82 Å². The van der Waals surface area contributed by atoms with Gasteiger partial charge in [0.1, 0.15) is 11.8 Å². The average molecular weight is 546 g/mol. The van der Waals surface area contributed by atoms with Crippen molar-refractivity contribution in [1.29, 1.82) is 0 Å². The van der Waals surface area contributed by atoms with Gasteiger partial charge in [0, 0.05) is 43.7 Å². The van der Waals surface area contributed by atoms with Crippen LogP contribution in [-0.2, 0) is 6.18 Å². The Kier molecular flexibility index (Phi) is 6.54. The van der Waals surface area contributed by atoms with Crippen molar-refractivity contribution in [3.05, 3.63) is 52.0 Å². The maximum atomic E-state index is 14.8. The molecule has 1 aliphatic rings. The zero-order valence-corrected chi connectivity index (χ0v) is 19.8. The molecule has 4 aromatic rings. The Labute approximate surface area is 211 Å². The molecule has 5 rings (SSSR count). The number of rotatable bonds is 6. The zero-order chi connectivity index (χ0) is 25.6. The number of hydrogen-bond acceptors (Lipinski definition) is 7. The zero-order valence-electron chi connectivity index (χ0n) is 18.3. The molecule has 1 fully saturated rings. The lowest BCUT2D eigenvalue weighted by atomic mass is 10.2. The van der Waals surface area contributed by atoms with Crippen LogP contribution in [0.3, 0.4) is 0 Å². The third-order valence-electron chi connectivity index (χ3n) is 5.68. The summed E-state index contributed by atoms with van der Waals surface area (Å²) in [7, 11) is 0. The van der Waals surface area contributed by atoms with Crippen LogP contribution < -0.4 is 4.74 Å². The number of aromatic nitrogens is 4. The number of nitrogens with zero attached hydrogens (tertiary/aromatic N) is 5. The number of β-amino-alcohol motifs (C(OH)–C–C–N with tert-alkyl or cyclic N) is 1. The molecule has 1 aliphatic heterocycles. The second-order valence-corrected chi connectivity index (χ2v) is 8.98. The smallest absolute Gasteiger partial charge is 0.417 e. The molecule has 0 spiro atoms. The number of aliphatic hydroxyl groups is 1. The van der Waals surface area contributed by atoms with E-state index in [0.29, 0.717) is 19.5 Å². The van der Waals surface area contributed by atoms with E-state index >= 15 is 0 Å². The van der Waals surface area contributed by atoms with E-state index in [4.69, 9.17) is 37.6 Å². The summed E-state index contributed by atoms with van der Waals surface area (Å²) in [5.74, 6) is -0.876. The molecule has 14 heteroatoms. The Balaban J connectivity index is 1.39. The van der Waals surface area contributed by atoms with Crippen LogP contribution in [0.15, 0.2) is 35.1 Å². The van der Waals surface area contributed by atoms with Crippen molar-refractivity contribution >= 4 is 28.8 Å². The number of imidazole rings is 1. The summed E-state index contributed by atoms with van der Waals surface area (Å²) in [6.07, 6.45) is -2.06. The van der Waals surface area contributed by atoms with Crippen LogP contribution in [0.4, 0.5) is 17.6 Å². The number of pyridine rings is 1. The Bertz CT molecular complexity index is 1420. The first-order chi connectivity index (χ1) is 17.1. The molecular weight excluding hydrogens is 529 g/mol. The first-order valence-corrected chi connectivity index (χ1v) is 11.5. The maximum absolute atomic E-state index is 14.8. The number of ether oxygens (including phenoxy) is 1. The minimum atomic E-state index is -4.59. The molecule has 8 nitrogen and oxygen atoms in total. The highest BCUT2D eigenvalue weighted by Gasteiger charge is 2.32. The number of fused-ring (bicyclic) bond motifs is 1. The van der Waals surface area contributed by atoms with Crippen LogP contribution in [-0.4, -0.2) is 61.9 Å². The summed E-state index contributed by atoms with van der Waals surface area (Å²) in [5.41, 5.74) is -0.681. The van der Waals surface area contributed by atoms with Crippen LogP contribution in [0.1, 0.15) is 12.0 Å². The molecule has 0 aliphatic carbocycles. The van der Waals surface area contributed by atoms with Crippen LogP contribution in [0, 0.1) is 5.82 Å². The van der Waals surface area contributed by atoms with Gasteiger partial charge in [0.25, 0.3) is 5.89 Å². The van der Waals surface area contributed by atoms with Crippen LogP contribution in [0.5, 0.6) is 5.75 Å². The topological polar surface area (TPSA) is 88.9 Å².